The second kappa shape index (κ2) is 9.34. The summed E-state index contributed by atoms with van der Waals surface area (Å²) in [6.07, 6.45) is 3.79. The van der Waals surface area contributed by atoms with Crippen molar-refractivity contribution in [2.24, 2.45) is 0 Å². The zero-order valence-corrected chi connectivity index (χ0v) is 18.3. The van der Waals surface area contributed by atoms with Gasteiger partial charge >= 0.3 is 5.97 Å². The molecule has 0 bridgehead atoms. The molecule has 6 nitrogen and oxygen atoms in total. The maximum atomic E-state index is 13.2. The number of rotatable bonds is 7. The molecule has 7 heteroatoms. The summed E-state index contributed by atoms with van der Waals surface area (Å²) in [6.45, 7) is 5.68. The van der Waals surface area contributed by atoms with Crippen LogP contribution in [0.25, 0.3) is 0 Å². The van der Waals surface area contributed by atoms with Crippen LogP contribution in [-0.4, -0.2) is 41.0 Å². The van der Waals surface area contributed by atoms with E-state index in [4.69, 9.17) is 4.74 Å². The Morgan fingerprint density at radius 2 is 1.78 bits per heavy atom. The van der Waals surface area contributed by atoms with Crippen LogP contribution in [0.15, 0.2) is 48.7 Å². The Morgan fingerprint density at radius 3 is 2.50 bits per heavy atom. The molecule has 1 aromatic carbocycles. The number of halogens is 1. The van der Waals surface area contributed by atoms with Crippen molar-refractivity contribution >= 4 is 17.6 Å². The van der Waals surface area contributed by atoms with Gasteiger partial charge in [0.2, 0.25) is 5.78 Å². The Hall–Kier alpha value is -3.48. The SMILES string of the molecule is Cc1cc(C(=O)COC(=O)c2cccnc2N2CCCC2)c(C)n1Cc1ccc(F)cc1. The van der Waals surface area contributed by atoms with Gasteiger partial charge in [0.25, 0.3) is 0 Å². The molecule has 1 saturated heterocycles. The number of benzene rings is 1. The maximum Gasteiger partial charge on any atom is 0.342 e. The number of hydrogen-bond donors (Lipinski definition) is 0. The molecule has 1 aliphatic rings. The lowest BCUT2D eigenvalue weighted by Crippen LogP contribution is -2.23. The quantitative estimate of drug-likeness (QED) is 0.408. The number of esters is 1. The predicted molar refractivity (Wildman–Crippen MR) is 120 cm³/mol. The van der Waals surface area contributed by atoms with Gasteiger partial charge in [-0.25, -0.2) is 14.2 Å². The molecule has 1 aliphatic heterocycles. The average Bonchev–Trinajstić information content (AvgIpc) is 3.43. The van der Waals surface area contributed by atoms with Gasteiger partial charge in [0, 0.05) is 42.8 Å². The van der Waals surface area contributed by atoms with Crippen LogP contribution in [0.2, 0.25) is 0 Å². The molecule has 166 valence electrons. The molecular formula is C25H26FN3O3. The number of carbonyl (C=O) groups excluding carboxylic acids is 2. The Morgan fingerprint density at radius 1 is 1.06 bits per heavy atom. The molecule has 0 aliphatic carbocycles. The maximum absolute atomic E-state index is 13.2. The first-order valence-electron chi connectivity index (χ1n) is 10.8. The van der Waals surface area contributed by atoms with Gasteiger partial charge in [-0.1, -0.05) is 12.1 Å². The first-order valence-corrected chi connectivity index (χ1v) is 10.8. The molecule has 0 atom stereocenters. The van der Waals surface area contributed by atoms with Crippen molar-refractivity contribution in [1.29, 1.82) is 0 Å². The van der Waals surface area contributed by atoms with Crippen LogP contribution < -0.4 is 4.90 Å². The Bertz CT molecular complexity index is 1130. The van der Waals surface area contributed by atoms with Gasteiger partial charge in [-0.05, 0) is 62.6 Å². The molecular weight excluding hydrogens is 409 g/mol. The van der Waals surface area contributed by atoms with Crippen molar-refractivity contribution in [1.82, 2.24) is 9.55 Å². The second-order valence-electron chi connectivity index (χ2n) is 8.07. The molecule has 2 aromatic heterocycles. The predicted octanol–water partition coefficient (Wildman–Crippen LogP) is 4.33. The number of hydrogen-bond acceptors (Lipinski definition) is 5. The number of Topliss-reactive ketones (excluding diaryl/α,β-unsaturated/α-hetero) is 1. The summed E-state index contributed by atoms with van der Waals surface area (Å²) in [7, 11) is 0. The lowest BCUT2D eigenvalue weighted by molar-refractivity contribution is 0.0475. The molecule has 0 radical (unpaired) electrons. The summed E-state index contributed by atoms with van der Waals surface area (Å²) in [5, 5.41) is 0. The largest absolute Gasteiger partial charge is 0.454 e. The fourth-order valence-corrected chi connectivity index (χ4v) is 4.12. The summed E-state index contributed by atoms with van der Waals surface area (Å²) >= 11 is 0. The van der Waals surface area contributed by atoms with Gasteiger partial charge in [0.15, 0.2) is 6.61 Å². The molecule has 0 saturated carbocycles. The molecule has 3 aromatic rings. The lowest BCUT2D eigenvalue weighted by atomic mass is 10.1. The van der Waals surface area contributed by atoms with Gasteiger partial charge in [-0.3, -0.25) is 4.79 Å². The molecule has 0 spiro atoms. The van der Waals surface area contributed by atoms with E-state index in [1.807, 2.05) is 18.4 Å². The van der Waals surface area contributed by atoms with E-state index in [0.29, 0.717) is 23.5 Å². The third-order valence-corrected chi connectivity index (χ3v) is 5.87. The van der Waals surface area contributed by atoms with E-state index >= 15 is 0 Å². The fraction of sp³-hybridized carbons (Fsp3) is 0.320. The van der Waals surface area contributed by atoms with E-state index in [9.17, 15) is 14.0 Å². The standard InChI is InChI=1S/C25H26FN3O3/c1-17-14-22(18(2)29(17)15-19-7-9-20(26)10-8-19)23(30)16-32-25(31)21-6-5-11-27-24(21)28-12-3-4-13-28/h5-11,14H,3-4,12-13,15-16H2,1-2H3. The number of carbonyl (C=O) groups is 2. The van der Waals surface area contributed by atoms with Gasteiger partial charge in [-0.15, -0.1) is 0 Å². The van der Waals surface area contributed by atoms with Crippen LogP contribution in [0.3, 0.4) is 0 Å². The van der Waals surface area contributed by atoms with E-state index in [0.717, 1.165) is 42.9 Å². The topological polar surface area (TPSA) is 64.4 Å². The molecule has 1 fully saturated rings. The first kappa shape index (κ1) is 21.7. The highest BCUT2D eigenvalue weighted by Gasteiger charge is 2.23. The summed E-state index contributed by atoms with van der Waals surface area (Å²) in [4.78, 5) is 32.0. The summed E-state index contributed by atoms with van der Waals surface area (Å²) < 4.78 is 20.5. The number of anilines is 1. The number of pyridine rings is 1. The minimum atomic E-state index is -0.548. The van der Waals surface area contributed by atoms with Crippen LogP contribution in [0.1, 0.15) is 50.5 Å². The van der Waals surface area contributed by atoms with Crippen LogP contribution >= 0.6 is 0 Å². The van der Waals surface area contributed by atoms with E-state index in [2.05, 4.69) is 9.88 Å². The zero-order valence-electron chi connectivity index (χ0n) is 18.3. The Labute approximate surface area is 186 Å². The highest BCUT2D eigenvalue weighted by molar-refractivity contribution is 6.01. The minimum absolute atomic E-state index is 0.261. The molecule has 0 N–H and O–H groups in total. The number of aromatic nitrogens is 2. The van der Waals surface area contributed by atoms with Crippen molar-refractivity contribution in [2.45, 2.75) is 33.2 Å². The Kier molecular flexibility index (Phi) is 6.35. The average molecular weight is 435 g/mol. The van der Waals surface area contributed by atoms with E-state index in [-0.39, 0.29) is 18.2 Å². The third-order valence-electron chi connectivity index (χ3n) is 5.87. The zero-order chi connectivity index (χ0) is 22.7. The van der Waals surface area contributed by atoms with Crippen molar-refractivity contribution < 1.29 is 18.7 Å². The molecule has 32 heavy (non-hydrogen) atoms. The van der Waals surface area contributed by atoms with Crippen LogP contribution in [0.5, 0.6) is 0 Å². The smallest absolute Gasteiger partial charge is 0.342 e. The van der Waals surface area contributed by atoms with Gasteiger partial charge in [0.1, 0.15) is 17.2 Å². The highest BCUT2D eigenvalue weighted by atomic mass is 19.1. The molecule has 0 amide bonds. The van der Waals surface area contributed by atoms with Crippen molar-refractivity contribution in [3.63, 3.8) is 0 Å². The molecule has 0 unspecified atom stereocenters. The number of ether oxygens (including phenoxy) is 1. The number of nitrogens with zero attached hydrogens (tertiary/aromatic N) is 3. The van der Waals surface area contributed by atoms with E-state index in [1.54, 1.807) is 36.5 Å². The van der Waals surface area contributed by atoms with Crippen molar-refractivity contribution in [3.05, 3.63) is 82.6 Å². The lowest BCUT2D eigenvalue weighted by Gasteiger charge is -2.18. The van der Waals surface area contributed by atoms with Crippen LogP contribution in [0.4, 0.5) is 10.2 Å². The number of ketones is 1. The Balaban J connectivity index is 1.45. The third kappa shape index (κ3) is 4.56. The van der Waals surface area contributed by atoms with Crippen molar-refractivity contribution in [3.8, 4) is 0 Å². The highest BCUT2D eigenvalue weighted by Crippen LogP contribution is 2.23. The van der Waals surface area contributed by atoms with E-state index in [1.165, 1.54) is 12.1 Å². The van der Waals surface area contributed by atoms with E-state index < -0.39 is 5.97 Å². The second-order valence-corrected chi connectivity index (χ2v) is 8.07. The first-order chi connectivity index (χ1) is 15.4. The van der Waals surface area contributed by atoms with Gasteiger partial charge in [0.05, 0.1) is 0 Å². The molecule has 3 heterocycles. The molecule has 4 rings (SSSR count). The van der Waals surface area contributed by atoms with Crippen LogP contribution in [0, 0.1) is 19.7 Å². The summed E-state index contributed by atoms with van der Waals surface area (Å²) in [5.41, 5.74) is 3.52. The summed E-state index contributed by atoms with van der Waals surface area (Å²) in [6, 6.07) is 11.5. The van der Waals surface area contributed by atoms with Gasteiger partial charge < -0.3 is 14.2 Å². The van der Waals surface area contributed by atoms with Crippen molar-refractivity contribution in [2.75, 3.05) is 24.6 Å². The monoisotopic (exact) mass is 435 g/mol. The number of aryl methyl sites for hydroxylation is 1. The normalized spacial score (nSPS) is 13.4. The van der Waals surface area contributed by atoms with Gasteiger partial charge in [-0.2, -0.15) is 0 Å². The minimum Gasteiger partial charge on any atom is -0.454 e. The fourth-order valence-electron chi connectivity index (χ4n) is 4.12. The summed E-state index contributed by atoms with van der Waals surface area (Å²) in [5.74, 6) is -0.481. The van der Waals surface area contributed by atoms with Crippen LogP contribution in [-0.2, 0) is 11.3 Å².